The highest BCUT2D eigenvalue weighted by Crippen LogP contribution is 2.44. The predicted octanol–water partition coefficient (Wildman–Crippen LogP) is 4.68. The van der Waals surface area contributed by atoms with Crippen LogP contribution in [0.1, 0.15) is 39.6 Å². The number of alkyl halides is 2. The Morgan fingerprint density at radius 3 is 2.56 bits per heavy atom. The minimum absolute atomic E-state index is 0.0161. The minimum atomic E-state index is -2.86. The number of nitrogens with two attached hydrogens (primary N) is 1. The number of hydrogen-bond acceptors (Lipinski definition) is 9. The van der Waals surface area contributed by atoms with Crippen LogP contribution in [0.4, 0.5) is 20.2 Å². The van der Waals surface area contributed by atoms with E-state index in [1.54, 1.807) is 6.07 Å². The lowest BCUT2D eigenvalue weighted by atomic mass is 10.1. The van der Waals surface area contributed by atoms with Crippen molar-refractivity contribution >= 4 is 56.1 Å². The average molecular weight is 537 g/mol. The van der Waals surface area contributed by atoms with Crippen LogP contribution in [0.5, 0.6) is 5.88 Å². The summed E-state index contributed by atoms with van der Waals surface area (Å²) in [5, 5.41) is 18.1. The number of halogens is 2. The fraction of sp³-hybridized carbons (Fsp3) is 0.238. The number of carbonyl (C=O) groups excluding carboxylic acids is 2. The van der Waals surface area contributed by atoms with E-state index in [4.69, 9.17) is 10.5 Å². The van der Waals surface area contributed by atoms with Crippen LogP contribution < -0.4 is 15.8 Å². The van der Waals surface area contributed by atoms with Crippen LogP contribution in [0.25, 0.3) is 20.7 Å². The van der Waals surface area contributed by atoms with Gasteiger partial charge in [0.2, 0.25) is 5.91 Å². The second-order valence-corrected chi connectivity index (χ2v) is 9.87. The molecule has 0 saturated carbocycles. The number of fused-ring (bicyclic) bond motifs is 1. The highest BCUT2D eigenvalue weighted by atomic mass is 32.1. The summed E-state index contributed by atoms with van der Waals surface area (Å²) in [6.07, 6.45) is -1.82. The standard InChI is InChI=1S/C21H18F2N6O5S2/c1-8-4-5-13(35-8)10-6-11(17(22)23)25-21-14(10)15(16(36-21)18(24)30)26-19(31)9(2)28-7-12(29(32)33)20(27-28)34-3/h4-7,9,17H,1-3H3,(H2,24,30)(H,26,31). The number of carbonyl (C=O) groups is 2. The second kappa shape index (κ2) is 9.58. The average Bonchev–Trinajstić information content (AvgIpc) is 3.54. The normalized spacial score (nSPS) is 12.2. The highest BCUT2D eigenvalue weighted by molar-refractivity contribution is 7.21. The number of pyridine rings is 1. The first kappa shape index (κ1) is 25.1. The quantitative estimate of drug-likeness (QED) is 0.245. The minimum Gasteiger partial charge on any atom is -0.475 e. The molecule has 2 amide bonds. The van der Waals surface area contributed by atoms with Gasteiger partial charge in [0.15, 0.2) is 0 Å². The van der Waals surface area contributed by atoms with Gasteiger partial charge in [-0.15, -0.1) is 27.8 Å². The van der Waals surface area contributed by atoms with Gasteiger partial charge in [-0.1, -0.05) is 0 Å². The van der Waals surface area contributed by atoms with Gasteiger partial charge < -0.3 is 15.8 Å². The van der Waals surface area contributed by atoms with E-state index in [2.05, 4.69) is 15.4 Å². The molecule has 0 aliphatic rings. The summed E-state index contributed by atoms with van der Waals surface area (Å²) in [5.74, 6) is -1.86. The smallest absolute Gasteiger partial charge is 0.350 e. The first-order valence-electron chi connectivity index (χ1n) is 10.2. The van der Waals surface area contributed by atoms with Crippen molar-refractivity contribution < 1.29 is 28.0 Å². The molecule has 36 heavy (non-hydrogen) atoms. The predicted molar refractivity (Wildman–Crippen MR) is 130 cm³/mol. The molecule has 4 heterocycles. The summed E-state index contributed by atoms with van der Waals surface area (Å²) in [5.41, 5.74) is 5.00. The number of nitrogens with one attached hydrogen (secondary N) is 1. The second-order valence-electron chi connectivity index (χ2n) is 7.58. The summed E-state index contributed by atoms with van der Waals surface area (Å²) >= 11 is 2.13. The van der Waals surface area contributed by atoms with E-state index in [1.165, 1.54) is 31.4 Å². The number of nitrogens with zero attached hydrogens (tertiary/aromatic N) is 4. The fourth-order valence-electron chi connectivity index (χ4n) is 3.48. The molecule has 0 fully saturated rings. The topological polar surface area (TPSA) is 155 Å². The molecule has 4 rings (SSSR count). The van der Waals surface area contributed by atoms with Crippen LogP contribution in [0.15, 0.2) is 24.4 Å². The van der Waals surface area contributed by atoms with Crippen LogP contribution >= 0.6 is 22.7 Å². The van der Waals surface area contributed by atoms with Gasteiger partial charge in [0.1, 0.15) is 27.6 Å². The molecule has 1 atom stereocenters. The van der Waals surface area contributed by atoms with Crippen molar-refractivity contribution in [3.8, 4) is 16.3 Å². The first-order chi connectivity index (χ1) is 17.0. The lowest BCUT2D eigenvalue weighted by Crippen LogP contribution is -2.25. The molecule has 11 nitrogen and oxygen atoms in total. The number of nitro groups is 1. The van der Waals surface area contributed by atoms with Gasteiger partial charge in [-0.3, -0.25) is 19.7 Å². The van der Waals surface area contributed by atoms with Crippen molar-refractivity contribution in [3.05, 3.63) is 50.0 Å². The summed E-state index contributed by atoms with van der Waals surface area (Å²) in [7, 11) is 1.20. The maximum atomic E-state index is 13.6. The van der Waals surface area contributed by atoms with Gasteiger partial charge in [-0.25, -0.2) is 18.4 Å². The molecule has 4 aromatic rings. The van der Waals surface area contributed by atoms with E-state index in [-0.39, 0.29) is 26.7 Å². The number of anilines is 1. The number of rotatable bonds is 8. The van der Waals surface area contributed by atoms with Crippen LogP contribution in [0.3, 0.4) is 0 Å². The van der Waals surface area contributed by atoms with E-state index in [1.807, 2.05) is 13.0 Å². The van der Waals surface area contributed by atoms with Gasteiger partial charge in [0.05, 0.1) is 17.7 Å². The maximum absolute atomic E-state index is 13.6. The van der Waals surface area contributed by atoms with Crippen molar-refractivity contribution in [2.24, 2.45) is 5.73 Å². The molecular formula is C21H18F2N6O5S2. The molecular weight excluding hydrogens is 518 g/mol. The molecule has 0 spiro atoms. The van der Waals surface area contributed by atoms with Gasteiger partial charge in [0.25, 0.3) is 12.3 Å². The van der Waals surface area contributed by atoms with E-state index < -0.39 is 40.6 Å². The third-order valence-corrected chi connectivity index (χ3v) is 7.36. The highest BCUT2D eigenvalue weighted by Gasteiger charge is 2.29. The Balaban J connectivity index is 1.84. The third kappa shape index (κ3) is 4.49. The fourth-order valence-corrected chi connectivity index (χ4v) is 5.38. The van der Waals surface area contributed by atoms with E-state index in [0.717, 1.165) is 27.1 Å². The molecule has 15 heteroatoms. The van der Waals surface area contributed by atoms with Crippen molar-refractivity contribution in [2.75, 3.05) is 12.4 Å². The van der Waals surface area contributed by atoms with Crippen molar-refractivity contribution in [3.63, 3.8) is 0 Å². The van der Waals surface area contributed by atoms with Crippen LogP contribution in [0, 0.1) is 17.0 Å². The molecule has 0 aliphatic carbocycles. The SMILES string of the molecule is COc1nn(C(C)C(=O)Nc2c(C(N)=O)sc3nc(C(F)F)cc(-c4ccc(C)s4)c23)cc1[N+](=O)[O-]. The molecule has 1 unspecified atom stereocenters. The van der Waals surface area contributed by atoms with E-state index >= 15 is 0 Å². The Hall–Kier alpha value is -3.98. The largest absolute Gasteiger partial charge is 0.475 e. The third-order valence-electron chi connectivity index (χ3n) is 5.23. The van der Waals surface area contributed by atoms with Crippen molar-refractivity contribution in [1.29, 1.82) is 0 Å². The Morgan fingerprint density at radius 1 is 1.31 bits per heavy atom. The molecule has 0 radical (unpaired) electrons. The van der Waals surface area contributed by atoms with Crippen LogP contribution in [-0.4, -0.2) is 38.6 Å². The van der Waals surface area contributed by atoms with Crippen molar-refractivity contribution in [1.82, 2.24) is 14.8 Å². The van der Waals surface area contributed by atoms with Gasteiger partial charge >= 0.3 is 11.6 Å². The van der Waals surface area contributed by atoms with Gasteiger partial charge in [0, 0.05) is 20.7 Å². The Morgan fingerprint density at radius 2 is 2.03 bits per heavy atom. The van der Waals surface area contributed by atoms with Crippen molar-refractivity contribution in [2.45, 2.75) is 26.3 Å². The zero-order valence-corrected chi connectivity index (χ0v) is 20.6. The number of thiophene rings is 2. The van der Waals surface area contributed by atoms with E-state index in [9.17, 15) is 28.5 Å². The number of aryl methyl sites for hydroxylation is 1. The number of primary amides is 1. The van der Waals surface area contributed by atoms with E-state index in [0.29, 0.717) is 10.4 Å². The molecule has 0 aliphatic heterocycles. The Labute approximate surface area is 209 Å². The number of aromatic nitrogens is 3. The molecule has 0 saturated heterocycles. The summed E-state index contributed by atoms with van der Waals surface area (Å²) < 4.78 is 33.1. The molecule has 4 aromatic heterocycles. The van der Waals surface area contributed by atoms with Gasteiger partial charge in [-0.2, -0.15) is 0 Å². The van der Waals surface area contributed by atoms with Gasteiger partial charge in [-0.05, 0) is 32.0 Å². The summed E-state index contributed by atoms with van der Waals surface area (Å²) in [4.78, 5) is 41.5. The zero-order valence-electron chi connectivity index (χ0n) is 18.9. The Kier molecular flexibility index (Phi) is 6.69. The molecule has 3 N–H and O–H groups in total. The lowest BCUT2D eigenvalue weighted by Gasteiger charge is -2.14. The number of hydrogen-bond donors (Lipinski definition) is 2. The maximum Gasteiger partial charge on any atom is 0.350 e. The first-order valence-corrected chi connectivity index (χ1v) is 11.9. The lowest BCUT2D eigenvalue weighted by molar-refractivity contribution is -0.385. The number of methoxy groups -OCH3 is 1. The zero-order chi connectivity index (χ0) is 26.3. The Bertz CT molecular complexity index is 1510. The summed E-state index contributed by atoms with van der Waals surface area (Å²) in [6.45, 7) is 3.28. The molecule has 188 valence electrons. The summed E-state index contributed by atoms with van der Waals surface area (Å²) in [6, 6.07) is 3.70. The molecule has 0 aromatic carbocycles. The molecule has 0 bridgehead atoms. The van der Waals surface area contributed by atoms with Crippen LogP contribution in [0.2, 0.25) is 0 Å². The van der Waals surface area contributed by atoms with Crippen LogP contribution in [-0.2, 0) is 4.79 Å². The number of amides is 2. The number of ether oxygens (including phenoxy) is 1. The monoisotopic (exact) mass is 536 g/mol.